The van der Waals surface area contributed by atoms with Crippen LogP contribution in [-0.2, 0) is 22.6 Å². The minimum Gasteiger partial charge on any atom is -0.435 e. The fraction of sp³-hybridized carbons (Fsp3) is 0.500. The van der Waals surface area contributed by atoms with Gasteiger partial charge in [-0.15, -0.1) is 0 Å². The third-order valence-corrected chi connectivity index (χ3v) is 5.93. The van der Waals surface area contributed by atoms with Crippen LogP contribution in [0.5, 0.6) is 5.75 Å². The highest BCUT2D eigenvalue weighted by Crippen LogP contribution is 2.35. The molecule has 6 nitrogen and oxygen atoms in total. The number of alkyl halides is 2. The van der Waals surface area contributed by atoms with Crippen LogP contribution in [0.2, 0.25) is 0 Å². The molecule has 0 spiro atoms. The molecule has 1 fully saturated rings. The first-order valence-electron chi connectivity index (χ1n) is 10.3. The highest BCUT2D eigenvalue weighted by Gasteiger charge is 2.40. The molecule has 0 bridgehead atoms. The second kappa shape index (κ2) is 8.27. The Morgan fingerprint density at radius 2 is 2.13 bits per heavy atom. The lowest BCUT2D eigenvalue weighted by atomic mass is 9.78. The van der Waals surface area contributed by atoms with Gasteiger partial charge in [-0.3, -0.25) is 9.48 Å². The van der Waals surface area contributed by atoms with E-state index in [0.29, 0.717) is 30.5 Å². The molecular weight excluding hydrogens is 424 g/mol. The predicted octanol–water partition coefficient (Wildman–Crippen LogP) is 4.21. The van der Waals surface area contributed by atoms with Crippen LogP contribution >= 0.6 is 12.2 Å². The van der Waals surface area contributed by atoms with Crippen molar-refractivity contribution in [2.24, 2.45) is 0 Å². The molecule has 4 rings (SSSR count). The number of carbonyl (C=O) groups is 1. The van der Waals surface area contributed by atoms with Crippen molar-refractivity contribution in [3.8, 4) is 17.0 Å². The predicted molar refractivity (Wildman–Crippen MR) is 115 cm³/mol. The topological polar surface area (TPSA) is 65.4 Å². The number of nitrogens with zero attached hydrogens (tertiary/aromatic N) is 2. The van der Waals surface area contributed by atoms with Gasteiger partial charge in [0.2, 0.25) is 5.91 Å². The fourth-order valence-electron chi connectivity index (χ4n) is 4.22. The van der Waals surface area contributed by atoms with Gasteiger partial charge >= 0.3 is 6.61 Å². The Kier molecular flexibility index (Phi) is 5.83. The van der Waals surface area contributed by atoms with Gasteiger partial charge in [-0.25, -0.2) is 0 Å². The van der Waals surface area contributed by atoms with E-state index in [9.17, 15) is 13.6 Å². The number of amides is 1. The van der Waals surface area contributed by atoms with Crippen molar-refractivity contribution in [1.29, 1.82) is 0 Å². The van der Waals surface area contributed by atoms with Crippen LogP contribution in [0.15, 0.2) is 24.3 Å². The van der Waals surface area contributed by atoms with Gasteiger partial charge in [-0.2, -0.15) is 13.9 Å². The summed E-state index contributed by atoms with van der Waals surface area (Å²) >= 11 is 5.18. The van der Waals surface area contributed by atoms with Crippen LogP contribution in [-0.4, -0.2) is 38.8 Å². The summed E-state index contributed by atoms with van der Waals surface area (Å²) in [6.45, 7) is 3.32. The number of carbonyl (C=O) groups excluding carboxylic acids is 1. The Morgan fingerprint density at radius 3 is 2.77 bits per heavy atom. The number of fused-ring (bicyclic) bond motifs is 1. The van der Waals surface area contributed by atoms with Crippen LogP contribution in [0.3, 0.4) is 0 Å². The molecule has 2 aliphatic rings. The number of halogens is 2. The van der Waals surface area contributed by atoms with E-state index in [4.69, 9.17) is 22.1 Å². The van der Waals surface area contributed by atoms with Crippen LogP contribution in [0.4, 0.5) is 8.78 Å². The van der Waals surface area contributed by atoms with Crippen LogP contribution in [0.25, 0.3) is 11.3 Å². The summed E-state index contributed by atoms with van der Waals surface area (Å²) in [4.78, 5) is 13.8. The lowest BCUT2D eigenvalue weighted by Crippen LogP contribution is -2.58. The molecule has 1 amide bonds. The SMILES string of the molecule is CC(C)n1nc(-c2cccc(OC(F)F)c2)c2c1CC(C(=O)NC1(C)CC(=S)C1)OC2. The molecule has 166 valence electrons. The zero-order valence-electron chi connectivity index (χ0n) is 17.7. The molecule has 1 aromatic heterocycles. The molecule has 1 atom stereocenters. The van der Waals surface area contributed by atoms with Crippen molar-refractivity contribution in [2.45, 2.75) is 70.9 Å². The van der Waals surface area contributed by atoms with E-state index in [0.717, 1.165) is 16.1 Å². The van der Waals surface area contributed by atoms with Gasteiger partial charge in [0.15, 0.2) is 0 Å². The van der Waals surface area contributed by atoms with Crippen molar-refractivity contribution in [2.75, 3.05) is 0 Å². The fourth-order valence-corrected chi connectivity index (χ4v) is 4.86. The van der Waals surface area contributed by atoms with Crippen LogP contribution in [0.1, 0.15) is 50.9 Å². The second-order valence-corrected chi connectivity index (χ2v) is 9.24. The van der Waals surface area contributed by atoms with E-state index in [1.165, 1.54) is 6.07 Å². The number of nitrogens with one attached hydrogen (secondary N) is 1. The minimum atomic E-state index is -2.90. The third kappa shape index (κ3) is 4.48. The maximum absolute atomic E-state index is 12.8. The summed E-state index contributed by atoms with van der Waals surface area (Å²) in [6.07, 6.45) is 1.18. The van der Waals surface area contributed by atoms with Gasteiger partial charge in [-0.1, -0.05) is 24.4 Å². The Labute approximate surface area is 184 Å². The summed E-state index contributed by atoms with van der Waals surface area (Å²) in [6, 6.07) is 6.53. The third-order valence-electron chi connectivity index (χ3n) is 5.64. The number of thiocarbonyl (C=S) groups is 1. The highest BCUT2D eigenvalue weighted by molar-refractivity contribution is 7.80. The average molecular weight is 450 g/mol. The number of hydrogen-bond donors (Lipinski definition) is 1. The molecule has 9 heteroatoms. The molecular formula is C22H25F2N3O3S. The molecule has 0 radical (unpaired) electrons. The van der Waals surface area contributed by atoms with Crippen molar-refractivity contribution < 1.29 is 23.0 Å². The van der Waals surface area contributed by atoms with E-state index >= 15 is 0 Å². The van der Waals surface area contributed by atoms with Gasteiger partial charge in [0.25, 0.3) is 0 Å². The molecule has 31 heavy (non-hydrogen) atoms. The zero-order chi connectivity index (χ0) is 22.3. The zero-order valence-corrected chi connectivity index (χ0v) is 18.5. The Hall–Kier alpha value is -2.39. The smallest absolute Gasteiger partial charge is 0.387 e. The summed E-state index contributed by atoms with van der Waals surface area (Å²) in [5, 5.41) is 7.80. The monoisotopic (exact) mass is 449 g/mol. The standard InChI is InChI=1S/C22H25F2N3O3S/c1-12(2)27-17-8-18(20(28)25-22(3)9-15(31)10-22)29-11-16(17)19(26-27)13-5-4-6-14(7-13)30-21(23)24/h4-7,12,18,21H,8-11H2,1-3H3,(H,25,28). The first-order chi connectivity index (χ1) is 14.6. The van der Waals surface area contributed by atoms with Crippen molar-refractivity contribution in [1.82, 2.24) is 15.1 Å². The van der Waals surface area contributed by atoms with Crippen LogP contribution < -0.4 is 10.1 Å². The van der Waals surface area contributed by atoms with Gasteiger partial charge in [0.1, 0.15) is 11.9 Å². The highest BCUT2D eigenvalue weighted by atomic mass is 32.1. The van der Waals surface area contributed by atoms with Crippen molar-refractivity contribution in [3.05, 3.63) is 35.5 Å². The quantitative estimate of drug-likeness (QED) is 0.670. The Morgan fingerprint density at radius 1 is 1.39 bits per heavy atom. The summed E-state index contributed by atoms with van der Waals surface area (Å²) < 4.78 is 37.6. The maximum Gasteiger partial charge on any atom is 0.387 e. The van der Waals surface area contributed by atoms with Crippen molar-refractivity contribution in [3.63, 3.8) is 0 Å². The number of aromatic nitrogens is 2. The Balaban J connectivity index is 1.60. The lowest BCUT2D eigenvalue weighted by Gasteiger charge is -2.41. The van der Waals surface area contributed by atoms with E-state index in [2.05, 4.69) is 10.1 Å². The number of benzene rings is 1. The minimum absolute atomic E-state index is 0.0614. The molecule has 1 N–H and O–H groups in total. The van der Waals surface area contributed by atoms with E-state index in [1.54, 1.807) is 18.2 Å². The van der Waals surface area contributed by atoms with Gasteiger partial charge in [-0.05, 0) is 37.8 Å². The van der Waals surface area contributed by atoms with E-state index < -0.39 is 12.7 Å². The van der Waals surface area contributed by atoms with Crippen molar-refractivity contribution >= 4 is 23.0 Å². The molecule has 2 heterocycles. The van der Waals surface area contributed by atoms with Crippen LogP contribution in [0, 0.1) is 0 Å². The first kappa shape index (κ1) is 21.8. The summed E-state index contributed by atoms with van der Waals surface area (Å²) in [7, 11) is 0. The molecule has 1 saturated carbocycles. The molecule has 0 saturated heterocycles. The first-order valence-corrected chi connectivity index (χ1v) is 10.7. The summed E-state index contributed by atoms with van der Waals surface area (Å²) in [5.74, 6) is -0.0815. The molecule has 2 aromatic rings. The second-order valence-electron chi connectivity index (χ2n) is 8.66. The molecule has 1 aliphatic carbocycles. The van der Waals surface area contributed by atoms with E-state index in [-0.39, 0.29) is 29.8 Å². The average Bonchev–Trinajstić information content (AvgIpc) is 3.05. The van der Waals surface area contributed by atoms with E-state index in [1.807, 2.05) is 25.5 Å². The molecule has 1 aromatic carbocycles. The molecule has 1 aliphatic heterocycles. The van der Waals surface area contributed by atoms with Gasteiger partial charge < -0.3 is 14.8 Å². The molecule has 1 unspecified atom stereocenters. The normalized spacial score (nSPS) is 19.8. The number of hydrogen-bond acceptors (Lipinski definition) is 5. The number of rotatable bonds is 6. The number of ether oxygens (including phenoxy) is 2. The van der Waals surface area contributed by atoms with Gasteiger partial charge in [0, 0.05) is 47.7 Å². The lowest BCUT2D eigenvalue weighted by molar-refractivity contribution is -0.136. The summed E-state index contributed by atoms with van der Waals surface area (Å²) in [5.41, 5.74) is 2.80. The maximum atomic E-state index is 12.8. The largest absolute Gasteiger partial charge is 0.435 e. The Bertz CT molecular complexity index is 1010. The van der Waals surface area contributed by atoms with Gasteiger partial charge in [0.05, 0.1) is 12.3 Å².